The van der Waals surface area contributed by atoms with Crippen LogP contribution in [0.4, 0.5) is 5.95 Å². The van der Waals surface area contributed by atoms with Gasteiger partial charge in [0, 0.05) is 25.7 Å². The molecule has 18 heavy (non-hydrogen) atoms. The molecule has 6 heteroatoms. The summed E-state index contributed by atoms with van der Waals surface area (Å²) in [4.78, 5) is 6.71. The van der Waals surface area contributed by atoms with Crippen molar-refractivity contribution in [1.29, 1.82) is 0 Å². The summed E-state index contributed by atoms with van der Waals surface area (Å²) in [5.41, 5.74) is 0.939. The smallest absolute Gasteiger partial charge is 0.245 e. The number of rotatable bonds is 2. The van der Waals surface area contributed by atoms with E-state index >= 15 is 0 Å². The van der Waals surface area contributed by atoms with Gasteiger partial charge in [0.1, 0.15) is 12.0 Å². The lowest BCUT2D eigenvalue weighted by molar-refractivity contribution is 0.480. The molecule has 1 unspecified atom stereocenters. The summed E-state index contributed by atoms with van der Waals surface area (Å²) in [5.74, 6) is 2.39. The number of nitrogens with zero attached hydrogens (tertiary/aromatic N) is 3. The maximum atomic E-state index is 5.28. The molecule has 3 heterocycles. The van der Waals surface area contributed by atoms with Gasteiger partial charge in [0.15, 0.2) is 5.82 Å². The predicted octanol–water partition coefficient (Wildman–Crippen LogP) is 1.17. The van der Waals surface area contributed by atoms with Crippen molar-refractivity contribution in [1.82, 2.24) is 20.5 Å². The minimum Gasteiger partial charge on any atom is -0.469 e. The zero-order valence-corrected chi connectivity index (χ0v) is 10.6. The Morgan fingerprint density at radius 3 is 3.11 bits per heavy atom. The van der Waals surface area contributed by atoms with E-state index in [1.165, 1.54) is 0 Å². The quantitative estimate of drug-likeness (QED) is 0.833. The van der Waals surface area contributed by atoms with Gasteiger partial charge < -0.3 is 14.6 Å². The van der Waals surface area contributed by atoms with E-state index in [4.69, 9.17) is 4.42 Å². The number of piperazine rings is 1. The number of hydrogen-bond donors (Lipinski definition) is 2. The van der Waals surface area contributed by atoms with Crippen molar-refractivity contribution in [2.24, 2.45) is 0 Å². The van der Waals surface area contributed by atoms with Crippen LogP contribution in [0.5, 0.6) is 0 Å². The standard InChI is InChI=1S/C12H17N5O/c1-8-6-17(4-3-13-8)12-14-11(15-16-12)10-5-9(2)18-7-10/h5,7-8,13H,3-4,6H2,1-2H3,(H,14,15,16). The molecule has 0 radical (unpaired) electrons. The number of furan rings is 1. The second-order valence-electron chi connectivity index (χ2n) is 4.73. The molecular formula is C12H17N5O. The minimum absolute atomic E-state index is 0.469. The van der Waals surface area contributed by atoms with Gasteiger partial charge in [-0.15, -0.1) is 5.10 Å². The third kappa shape index (κ3) is 2.11. The van der Waals surface area contributed by atoms with Crippen LogP contribution < -0.4 is 10.2 Å². The molecule has 3 rings (SSSR count). The fourth-order valence-electron chi connectivity index (χ4n) is 2.21. The molecule has 0 amide bonds. The number of anilines is 1. The van der Waals surface area contributed by atoms with E-state index in [1.807, 2.05) is 13.0 Å². The maximum Gasteiger partial charge on any atom is 0.245 e. The van der Waals surface area contributed by atoms with Gasteiger partial charge in [-0.05, 0) is 19.9 Å². The van der Waals surface area contributed by atoms with Gasteiger partial charge in [-0.2, -0.15) is 4.98 Å². The summed E-state index contributed by atoms with van der Waals surface area (Å²) in [5, 5.41) is 10.6. The van der Waals surface area contributed by atoms with Gasteiger partial charge in [-0.25, -0.2) is 0 Å². The predicted molar refractivity (Wildman–Crippen MR) is 68.5 cm³/mol. The zero-order chi connectivity index (χ0) is 12.5. The molecule has 6 nitrogen and oxygen atoms in total. The largest absolute Gasteiger partial charge is 0.469 e. The molecule has 96 valence electrons. The Labute approximate surface area is 105 Å². The van der Waals surface area contributed by atoms with E-state index in [9.17, 15) is 0 Å². The Bertz CT molecular complexity index is 532. The fraction of sp³-hybridized carbons (Fsp3) is 0.500. The Morgan fingerprint density at radius 1 is 1.50 bits per heavy atom. The van der Waals surface area contributed by atoms with E-state index in [1.54, 1.807) is 6.26 Å². The lowest BCUT2D eigenvalue weighted by Crippen LogP contribution is -2.49. The van der Waals surface area contributed by atoms with Crippen LogP contribution in [0.15, 0.2) is 16.7 Å². The van der Waals surface area contributed by atoms with Gasteiger partial charge in [0.25, 0.3) is 0 Å². The number of H-pyrrole nitrogens is 1. The molecule has 2 aromatic heterocycles. The van der Waals surface area contributed by atoms with Crippen molar-refractivity contribution >= 4 is 5.95 Å². The first-order valence-corrected chi connectivity index (χ1v) is 6.18. The SMILES string of the molecule is Cc1cc(-c2nc(N3CCNC(C)C3)n[nH]2)co1. The van der Waals surface area contributed by atoms with Crippen LogP contribution in [0, 0.1) is 6.92 Å². The summed E-state index contributed by atoms with van der Waals surface area (Å²) >= 11 is 0. The van der Waals surface area contributed by atoms with Crippen LogP contribution in [-0.2, 0) is 0 Å². The first kappa shape index (κ1) is 11.3. The highest BCUT2D eigenvalue weighted by molar-refractivity contribution is 5.55. The lowest BCUT2D eigenvalue weighted by Gasteiger charge is -2.30. The molecule has 1 aliphatic heterocycles. The molecule has 0 bridgehead atoms. The van der Waals surface area contributed by atoms with Crippen molar-refractivity contribution in [2.75, 3.05) is 24.5 Å². The van der Waals surface area contributed by atoms with Crippen molar-refractivity contribution in [3.05, 3.63) is 18.1 Å². The second-order valence-corrected chi connectivity index (χ2v) is 4.73. The Morgan fingerprint density at radius 2 is 2.39 bits per heavy atom. The highest BCUT2D eigenvalue weighted by Gasteiger charge is 2.19. The molecule has 0 spiro atoms. The molecule has 0 saturated carbocycles. The van der Waals surface area contributed by atoms with E-state index in [0.717, 1.165) is 42.7 Å². The molecule has 0 aliphatic carbocycles. The zero-order valence-electron chi connectivity index (χ0n) is 10.6. The van der Waals surface area contributed by atoms with Crippen LogP contribution in [-0.4, -0.2) is 40.9 Å². The van der Waals surface area contributed by atoms with Gasteiger partial charge in [-0.1, -0.05) is 0 Å². The molecule has 1 aliphatic rings. The molecule has 1 fully saturated rings. The van der Waals surface area contributed by atoms with E-state index < -0.39 is 0 Å². The van der Waals surface area contributed by atoms with Crippen molar-refractivity contribution in [2.45, 2.75) is 19.9 Å². The molecule has 1 saturated heterocycles. The monoisotopic (exact) mass is 247 g/mol. The fourth-order valence-corrected chi connectivity index (χ4v) is 2.21. The van der Waals surface area contributed by atoms with Gasteiger partial charge in [0.05, 0.1) is 5.56 Å². The maximum absolute atomic E-state index is 5.28. The topological polar surface area (TPSA) is 70.0 Å². The normalized spacial score (nSPS) is 20.3. The average Bonchev–Trinajstić information content (AvgIpc) is 2.97. The lowest BCUT2D eigenvalue weighted by atomic mass is 10.2. The molecule has 0 aromatic carbocycles. The molecular weight excluding hydrogens is 230 g/mol. The van der Waals surface area contributed by atoms with Crippen molar-refractivity contribution in [3.8, 4) is 11.4 Å². The third-order valence-electron chi connectivity index (χ3n) is 3.13. The van der Waals surface area contributed by atoms with Crippen LogP contribution in [0.3, 0.4) is 0 Å². The van der Waals surface area contributed by atoms with Gasteiger partial charge in [-0.3, -0.25) is 5.10 Å². The second kappa shape index (κ2) is 4.45. The van der Waals surface area contributed by atoms with Gasteiger partial charge in [0.2, 0.25) is 5.95 Å². The summed E-state index contributed by atoms with van der Waals surface area (Å²) in [6.07, 6.45) is 1.69. The Kier molecular flexibility index (Phi) is 2.79. The van der Waals surface area contributed by atoms with Crippen LogP contribution in [0.2, 0.25) is 0 Å². The van der Waals surface area contributed by atoms with Crippen LogP contribution in [0.1, 0.15) is 12.7 Å². The molecule has 2 aromatic rings. The number of aromatic amines is 1. The Balaban J connectivity index is 1.80. The number of aromatic nitrogens is 3. The highest BCUT2D eigenvalue weighted by atomic mass is 16.3. The summed E-state index contributed by atoms with van der Waals surface area (Å²) < 4.78 is 5.28. The average molecular weight is 247 g/mol. The minimum atomic E-state index is 0.469. The third-order valence-corrected chi connectivity index (χ3v) is 3.13. The summed E-state index contributed by atoms with van der Waals surface area (Å²) in [7, 11) is 0. The summed E-state index contributed by atoms with van der Waals surface area (Å²) in [6.45, 7) is 6.92. The molecule has 1 atom stereocenters. The van der Waals surface area contributed by atoms with E-state index in [-0.39, 0.29) is 0 Å². The first-order valence-electron chi connectivity index (χ1n) is 6.18. The van der Waals surface area contributed by atoms with Crippen molar-refractivity contribution in [3.63, 3.8) is 0 Å². The first-order chi connectivity index (χ1) is 8.72. The van der Waals surface area contributed by atoms with Crippen LogP contribution >= 0.6 is 0 Å². The van der Waals surface area contributed by atoms with Crippen LogP contribution in [0.25, 0.3) is 11.4 Å². The summed E-state index contributed by atoms with van der Waals surface area (Å²) in [6, 6.07) is 2.42. The Hall–Kier alpha value is -1.82. The highest BCUT2D eigenvalue weighted by Crippen LogP contribution is 2.20. The molecule has 2 N–H and O–H groups in total. The number of nitrogens with one attached hydrogen (secondary N) is 2. The van der Waals surface area contributed by atoms with E-state index in [0.29, 0.717) is 6.04 Å². The van der Waals surface area contributed by atoms with E-state index in [2.05, 4.69) is 32.3 Å². The van der Waals surface area contributed by atoms with Crippen molar-refractivity contribution < 1.29 is 4.42 Å². The number of hydrogen-bond acceptors (Lipinski definition) is 5. The number of aryl methyl sites for hydroxylation is 1. The van der Waals surface area contributed by atoms with Gasteiger partial charge >= 0.3 is 0 Å².